The minimum atomic E-state index is -4.61. The van der Waals surface area contributed by atoms with Crippen molar-refractivity contribution >= 4 is 13.7 Å². The van der Waals surface area contributed by atoms with Gasteiger partial charge in [-0.3, -0.25) is 9.36 Å². The Morgan fingerprint density at radius 1 is 0.378 bits per heavy atom. The number of carbonyl (C=O) groups excluding carboxylic acids is 1. The number of nitrogens with zero attached hydrogens (tertiary/aromatic N) is 1. The molecule has 2 N–H and O–H groups in total. The summed E-state index contributed by atoms with van der Waals surface area (Å²) in [6, 6.07) is -0.886. The lowest BCUT2D eigenvalue weighted by molar-refractivity contribution is -0.870. The molecule has 0 fully saturated rings. The highest BCUT2D eigenvalue weighted by molar-refractivity contribution is 7.45. The van der Waals surface area contributed by atoms with Gasteiger partial charge in [0.05, 0.1) is 39.9 Å². The quantitative estimate of drug-likeness (QED) is 0.0272. The zero-order valence-electron chi connectivity index (χ0n) is 61.6. The Labute approximate surface area is 564 Å². The van der Waals surface area contributed by atoms with Crippen molar-refractivity contribution in [2.75, 3.05) is 40.9 Å². The molecule has 0 rings (SSSR count). The molecule has 0 aliphatic heterocycles. The van der Waals surface area contributed by atoms with Crippen LogP contribution in [-0.4, -0.2) is 68.5 Å². The van der Waals surface area contributed by atoms with E-state index in [9.17, 15) is 19.4 Å². The summed E-state index contributed by atoms with van der Waals surface area (Å²) >= 11 is 0. The average molecular weight is 1290 g/mol. The first-order valence-corrected chi connectivity index (χ1v) is 42.2. The lowest BCUT2D eigenvalue weighted by Crippen LogP contribution is -2.45. The summed E-state index contributed by atoms with van der Waals surface area (Å²) in [5.41, 5.74) is 0. The van der Waals surface area contributed by atoms with Gasteiger partial charge in [-0.25, -0.2) is 0 Å². The van der Waals surface area contributed by atoms with Gasteiger partial charge in [-0.15, -0.1) is 0 Å². The van der Waals surface area contributed by atoms with E-state index in [4.69, 9.17) is 9.05 Å². The number of phosphoric ester groups is 1. The molecule has 1 amide bonds. The van der Waals surface area contributed by atoms with Gasteiger partial charge >= 0.3 is 0 Å². The van der Waals surface area contributed by atoms with Gasteiger partial charge in [-0.1, -0.05) is 411 Å². The van der Waals surface area contributed by atoms with E-state index in [0.717, 1.165) is 38.5 Å². The van der Waals surface area contributed by atoms with Crippen molar-refractivity contribution in [3.63, 3.8) is 0 Å². The van der Waals surface area contributed by atoms with E-state index < -0.39 is 20.0 Å². The van der Waals surface area contributed by atoms with Crippen LogP contribution in [-0.2, 0) is 18.4 Å². The van der Waals surface area contributed by atoms with E-state index in [2.05, 4.69) is 31.3 Å². The fraction of sp³-hybridized carbons (Fsp3) is 0.938. The monoisotopic (exact) mass is 1290 g/mol. The largest absolute Gasteiger partial charge is 0.756 e. The van der Waals surface area contributed by atoms with Crippen LogP contribution in [0, 0.1) is 0 Å². The SMILES string of the molecule is CCCCCCCCCC/C=C\CCCCCCCCCCCCCCCCCCCCCCCCCCCC(=O)NC(COP(=O)([O-])OCC[N+](C)(C)C)C(O)/C=C/CCCCCCCCCCCCCCCCCCCCCCCCCCCCCCC. The fourth-order valence-corrected chi connectivity index (χ4v) is 13.6. The molecule has 9 heteroatoms. The van der Waals surface area contributed by atoms with Crippen molar-refractivity contribution in [3.8, 4) is 0 Å². The van der Waals surface area contributed by atoms with E-state index in [-0.39, 0.29) is 19.1 Å². The molecule has 0 aromatic heterocycles. The third-order valence-electron chi connectivity index (χ3n) is 19.2. The van der Waals surface area contributed by atoms with E-state index in [1.807, 2.05) is 27.2 Å². The Morgan fingerprint density at radius 2 is 0.611 bits per heavy atom. The second kappa shape index (κ2) is 72.3. The number of likely N-dealkylation sites (N-methyl/N-ethyl adjacent to an activating group) is 1. The van der Waals surface area contributed by atoms with E-state index in [0.29, 0.717) is 17.4 Å². The number of nitrogens with one attached hydrogen (secondary N) is 1. The van der Waals surface area contributed by atoms with Crippen LogP contribution in [0.5, 0.6) is 0 Å². The van der Waals surface area contributed by atoms with Gasteiger partial charge in [-0.2, -0.15) is 0 Å². The number of quaternary nitrogens is 1. The summed E-state index contributed by atoms with van der Waals surface area (Å²) in [6.45, 7) is 4.73. The van der Waals surface area contributed by atoms with Crippen LogP contribution in [0.15, 0.2) is 24.3 Å². The first-order valence-electron chi connectivity index (χ1n) is 40.7. The van der Waals surface area contributed by atoms with Gasteiger partial charge in [0.15, 0.2) is 0 Å². The normalized spacial score (nSPS) is 13.5. The number of aliphatic hydroxyl groups excluding tert-OH is 1. The van der Waals surface area contributed by atoms with Crippen molar-refractivity contribution in [1.29, 1.82) is 0 Å². The maximum Gasteiger partial charge on any atom is 0.268 e. The van der Waals surface area contributed by atoms with Gasteiger partial charge in [0.2, 0.25) is 5.91 Å². The molecule has 0 aliphatic rings. The number of amides is 1. The van der Waals surface area contributed by atoms with Crippen molar-refractivity contribution in [3.05, 3.63) is 24.3 Å². The zero-order chi connectivity index (χ0) is 65.5. The molecule has 0 aromatic carbocycles. The molecule has 0 aromatic rings. The number of aliphatic hydroxyl groups is 1. The first-order chi connectivity index (χ1) is 44.0. The number of allylic oxidation sites excluding steroid dienone is 3. The third-order valence-corrected chi connectivity index (χ3v) is 20.1. The molecule has 3 atom stereocenters. The lowest BCUT2D eigenvalue weighted by atomic mass is 10.0. The first kappa shape index (κ1) is 89.0. The van der Waals surface area contributed by atoms with Crippen molar-refractivity contribution < 1.29 is 32.9 Å². The number of hydrogen-bond donors (Lipinski definition) is 2. The lowest BCUT2D eigenvalue weighted by Gasteiger charge is -2.29. The minimum Gasteiger partial charge on any atom is -0.756 e. The molecule has 0 aliphatic carbocycles. The molecule has 0 spiro atoms. The molecule has 8 nitrogen and oxygen atoms in total. The van der Waals surface area contributed by atoms with Gasteiger partial charge in [-0.05, 0) is 44.9 Å². The summed E-state index contributed by atoms with van der Waals surface area (Å²) < 4.78 is 23.5. The van der Waals surface area contributed by atoms with Gasteiger partial charge in [0.1, 0.15) is 13.2 Å². The van der Waals surface area contributed by atoms with E-state index >= 15 is 0 Å². The van der Waals surface area contributed by atoms with Crippen molar-refractivity contribution in [1.82, 2.24) is 5.32 Å². The Morgan fingerprint density at radius 3 is 0.867 bits per heavy atom. The zero-order valence-corrected chi connectivity index (χ0v) is 62.5. The Kier molecular flexibility index (Phi) is 71.4. The van der Waals surface area contributed by atoms with Crippen LogP contribution in [0.3, 0.4) is 0 Å². The molecular weight excluding hydrogens is 1130 g/mol. The highest BCUT2D eigenvalue weighted by Crippen LogP contribution is 2.38. The van der Waals surface area contributed by atoms with Gasteiger partial charge in [0, 0.05) is 6.42 Å². The Hall–Kier alpha value is -1.02. The minimum absolute atomic E-state index is 0.00244. The van der Waals surface area contributed by atoms with E-state index in [1.54, 1.807) is 6.08 Å². The highest BCUT2D eigenvalue weighted by Gasteiger charge is 2.23. The summed E-state index contributed by atoms with van der Waals surface area (Å²) in [4.78, 5) is 25.7. The second-order valence-electron chi connectivity index (χ2n) is 29.5. The van der Waals surface area contributed by atoms with Crippen LogP contribution in [0.1, 0.15) is 438 Å². The van der Waals surface area contributed by atoms with E-state index in [1.165, 1.54) is 379 Å². The average Bonchev–Trinajstić information content (AvgIpc) is 3.18. The smallest absolute Gasteiger partial charge is 0.268 e. The second-order valence-corrected chi connectivity index (χ2v) is 30.9. The number of rotatable bonds is 77. The van der Waals surface area contributed by atoms with Crippen LogP contribution >= 0.6 is 7.82 Å². The summed E-state index contributed by atoms with van der Waals surface area (Å²) in [7, 11) is 1.29. The Balaban J connectivity index is 3.92. The molecule has 0 saturated heterocycles. The highest BCUT2D eigenvalue weighted by atomic mass is 31.2. The molecule has 536 valence electrons. The third kappa shape index (κ3) is 74.4. The van der Waals surface area contributed by atoms with Gasteiger partial charge < -0.3 is 28.8 Å². The standard InChI is InChI=1S/C81H161N2O6P/c1-6-8-10-12-14-16-18-20-22-24-26-28-30-32-34-36-38-39-40-41-42-43-45-47-49-51-53-55-57-59-61-63-65-67-69-71-73-75-81(85)82-79(78-89-90(86,87)88-77-76-83(3,4)5)80(84)74-72-70-68-66-64-62-60-58-56-54-52-50-48-46-44-37-35-33-31-29-27-25-23-21-19-17-15-13-11-9-7-2/h24,26,72,74,79-80,84H,6-23,25,27-71,73,75-78H2,1-5H3,(H-,82,85,86,87)/b26-24-,74-72+. The predicted octanol–water partition coefficient (Wildman–Crippen LogP) is 25.9. The maximum atomic E-state index is 13.1. The molecule has 0 heterocycles. The van der Waals surface area contributed by atoms with Gasteiger partial charge in [0.25, 0.3) is 7.82 Å². The maximum absolute atomic E-state index is 13.1. The molecule has 3 unspecified atom stereocenters. The topological polar surface area (TPSA) is 108 Å². The molecule has 90 heavy (non-hydrogen) atoms. The van der Waals surface area contributed by atoms with Crippen molar-refractivity contribution in [2.24, 2.45) is 0 Å². The number of unbranched alkanes of at least 4 members (excludes halogenated alkanes) is 62. The molecule has 0 radical (unpaired) electrons. The molecule has 0 saturated carbocycles. The molecular formula is C81H161N2O6P. The summed E-state index contributed by atoms with van der Waals surface area (Å²) in [5.74, 6) is -0.186. The molecule has 0 bridgehead atoms. The number of hydrogen-bond acceptors (Lipinski definition) is 6. The van der Waals surface area contributed by atoms with Crippen molar-refractivity contribution in [2.45, 2.75) is 450 Å². The predicted molar refractivity (Wildman–Crippen MR) is 395 cm³/mol. The van der Waals surface area contributed by atoms with Crippen LogP contribution < -0.4 is 10.2 Å². The fourth-order valence-electron chi connectivity index (χ4n) is 12.9. The van der Waals surface area contributed by atoms with Crippen LogP contribution in [0.25, 0.3) is 0 Å². The van der Waals surface area contributed by atoms with Crippen LogP contribution in [0.4, 0.5) is 0 Å². The van der Waals surface area contributed by atoms with Crippen LogP contribution in [0.2, 0.25) is 0 Å². The number of phosphoric acid groups is 1. The Bertz CT molecular complexity index is 1520. The summed E-state index contributed by atoms with van der Waals surface area (Å²) in [5, 5.41) is 14.0. The summed E-state index contributed by atoms with van der Waals surface area (Å²) in [6.07, 6.45) is 96.4. The number of carbonyl (C=O) groups is 1.